The number of carbonyl (C=O) groups excluding carboxylic acids is 1. The highest BCUT2D eigenvalue weighted by Crippen LogP contribution is 2.35. The maximum atomic E-state index is 13.2. The van der Waals surface area contributed by atoms with Gasteiger partial charge in [0.15, 0.2) is 0 Å². The second kappa shape index (κ2) is 7.70. The van der Waals surface area contributed by atoms with E-state index in [1.54, 1.807) is 47.0 Å². The highest BCUT2D eigenvalue weighted by atomic mass is 32.2. The Morgan fingerprint density at radius 1 is 1.21 bits per heavy atom. The fourth-order valence-corrected chi connectivity index (χ4v) is 6.56. The van der Waals surface area contributed by atoms with Gasteiger partial charge < -0.3 is 4.90 Å². The minimum atomic E-state index is -3.48. The van der Waals surface area contributed by atoms with Gasteiger partial charge in [-0.3, -0.25) is 9.69 Å². The number of aromatic nitrogens is 1. The van der Waals surface area contributed by atoms with E-state index >= 15 is 0 Å². The maximum Gasteiger partial charge on any atom is 0.243 e. The molecule has 3 heterocycles. The molecule has 2 aliphatic heterocycles. The highest BCUT2D eigenvalue weighted by Gasteiger charge is 2.40. The minimum absolute atomic E-state index is 0.120. The van der Waals surface area contributed by atoms with Crippen molar-refractivity contribution in [1.82, 2.24) is 19.1 Å². The molecular formula is C19H26N4O3S2. The van der Waals surface area contributed by atoms with E-state index in [1.807, 2.05) is 0 Å². The van der Waals surface area contributed by atoms with Crippen LogP contribution < -0.4 is 0 Å². The Balaban J connectivity index is 1.44. The molecule has 4 rings (SSSR count). The summed E-state index contributed by atoms with van der Waals surface area (Å²) in [6.45, 7) is 3.29. The molecule has 28 heavy (non-hydrogen) atoms. The van der Waals surface area contributed by atoms with E-state index in [0.717, 1.165) is 36.1 Å². The lowest BCUT2D eigenvalue weighted by Gasteiger charge is -2.22. The first kappa shape index (κ1) is 19.8. The molecule has 2 saturated heterocycles. The minimum Gasteiger partial charge on any atom is -0.348 e. The number of rotatable bonds is 4. The number of benzene rings is 1. The Hall–Kier alpha value is -1.55. The molecule has 2 atom stereocenters. The maximum absolute atomic E-state index is 13.2. The number of carbonyl (C=O) groups is 1. The summed E-state index contributed by atoms with van der Waals surface area (Å²) in [6, 6.07) is 5.19. The van der Waals surface area contributed by atoms with Gasteiger partial charge in [-0.25, -0.2) is 13.4 Å². The molecule has 0 spiro atoms. The van der Waals surface area contributed by atoms with Crippen molar-refractivity contribution in [2.45, 2.75) is 17.7 Å². The number of hydrogen-bond donors (Lipinski definition) is 0. The molecule has 0 unspecified atom stereocenters. The lowest BCUT2D eigenvalue weighted by molar-refractivity contribution is -0.129. The second-order valence-electron chi connectivity index (χ2n) is 7.97. The average molecular weight is 423 g/mol. The topological polar surface area (TPSA) is 73.8 Å². The lowest BCUT2D eigenvalue weighted by Crippen LogP contribution is -2.37. The Morgan fingerprint density at radius 3 is 2.54 bits per heavy atom. The number of fused-ring (bicyclic) bond motifs is 2. The van der Waals surface area contributed by atoms with Gasteiger partial charge in [-0.2, -0.15) is 4.31 Å². The van der Waals surface area contributed by atoms with Gasteiger partial charge in [0, 0.05) is 27.2 Å². The molecule has 0 bridgehead atoms. The van der Waals surface area contributed by atoms with Crippen molar-refractivity contribution >= 4 is 37.5 Å². The van der Waals surface area contributed by atoms with Crippen molar-refractivity contribution in [3.8, 4) is 0 Å². The van der Waals surface area contributed by atoms with Gasteiger partial charge in [0.1, 0.15) is 0 Å². The SMILES string of the molecule is CN(C)C(=O)CN1CC[C@@H]2CN(S(=O)(=O)c3ccc4ncsc4c3)C[C@@H]2CC1. The zero-order valence-electron chi connectivity index (χ0n) is 16.2. The second-order valence-corrected chi connectivity index (χ2v) is 10.8. The van der Waals surface area contributed by atoms with Crippen LogP contribution in [0.3, 0.4) is 0 Å². The number of nitrogens with zero attached hydrogens (tertiary/aromatic N) is 4. The molecule has 2 fully saturated rings. The Morgan fingerprint density at radius 2 is 1.89 bits per heavy atom. The zero-order chi connectivity index (χ0) is 19.9. The van der Waals surface area contributed by atoms with Crippen LogP contribution in [0.5, 0.6) is 0 Å². The van der Waals surface area contributed by atoms with Crippen molar-refractivity contribution in [3.05, 3.63) is 23.7 Å². The first-order chi connectivity index (χ1) is 13.3. The summed E-state index contributed by atoms with van der Waals surface area (Å²) in [5.41, 5.74) is 2.57. The van der Waals surface area contributed by atoms with E-state index in [9.17, 15) is 13.2 Å². The normalized spacial score (nSPS) is 24.2. The summed E-state index contributed by atoms with van der Waals surface area (Å²) < 4.78 is 28.9. The van der Waals surface area contributed by atoms with Gasteiger partial charge in [0.05, 0.1) is 27.2 Å². The zero-order valence-corrected chi connectivity index (χ0v) is 17.9. The summed E-state index contributed by atoms with van der Waals surface area (Å²) >= 11 is 1.46. The summed E-state index contributed by atoms with van der Waals surface area (Å²) in [5, 5.41) is 0. The van der Waals surface area contributed by atoms with Gasteiger partial charge in [-0.15, -0.1) is 11.3 Å². The summed E-state index contributed by atoms with van der Waals surface area (Å²) in [6.07, 6.45) is 1.87. The molecule has 2 aliphatic rings. The number of thiazole rings is 1. The molecule has 0 saturated carbocycles. The van der Waals surface area contributed by atoms with Crippen LogP contribution in [0.2, 0.25) is 0 Å². The van der Waals surface area contributed by atoms with Gasteiger partial charge in [-0.1, -0.05) is 0 Å². The third kappa shape index (κ3) is 3.80. The van der Waals surface area contributed by atoms with E-state index in [0.29, 0.717) is 36.4 Å². The van der Waals surface area contributed by atoms with E-state index in [-0.39, 0.29) is 5.91 Å². The quantitative estimate of drug-likeness (QED) is 0.750. The van der Waals surface area contributed by atoms with Crippen LogP contribution in [0, 0.1) is 11.8 Å². The monoisotopic (exact) mass is 422 g/mol. The van der Waals surface area contributed by atoms with Crippen molar-refractivity contribution < 1.29 is 13.2 Å². The van der Waals surface area contributed by atoms with Gasteiger partial charge in [0.2, 0.25) is 15.9 Å². The fraction of sp³-hybridized carbons (Fsp3) is 0.579. The molecule has 7 nitrogen and oxygen atoms in total. The van der Waals surface area contributed by atoms with Gasteiger partial charge in [0.25, 0.3) is 0 Å². The van der Waals surface area contributed by atoms with Crippen molar-refractivity contribution in [2.24, 2.45) is 11.8 Å². The van der Waals surface area contributed by atoms with Crippen molar-refractivity contribution in [1.29, 1.82) is 0 Å². The predicted molar refractivity (Wildman–Crippen MR) is 110 cm³/mol. The van der Waals surface area contributed by atoms with Crippen LogP contribution in [0.1, 0.15) is 12.8 Å². The van der Waals surface area contributed by atoms with Crippen LogP contribution in [0.25, 0.3) is 10.2 Å². The van der Waals surface area contributed by atoms with Gasteiger partial charge in [-0.05, 0) is 56.0 Å². The number of likely N-dealkylation sites (N-methyl/N-ethyl adjacent to an activating group) is 1. The van der Waals surface area contributed by atoms with Crippen molar-refractivity contribution in [2.75, 3.05) is 46.8 Å². The van der Waals surface area contributed by atoms with Crippen molar-refractivity contribution in [3.63, 3.8) is 0 Å². The van der Waals surface area contributed by atoms with Crippen LogP contribution in [0.15, 0.2) is 28.6 Å². The number of hydrogen-bond acceptors (Lipinski definition) is 6. The molecule has 152 valence electrons. The first-order valence-corrected chi connectivity index (χ1v) is 11.9. The standard InChI is InChI=1S/C19H26N4O3S2/c1-21(2)19(24)12-22-7-5-14-10-23(11-15(14)6-8-22)28(25,26)16-3-4-17-18(9-16)27-13-20-17/h3-4,9,13-15H,5-8,10-12H2,1-2H3/t14-,15+. The first-order valence-electron chi connectivity index (χ1n) is 9.60. The molecule has 0 radical (unpaired) electrons. The molecule has 0 N–H and O–H groups in total. The van der Waals surface area contributed by atoms with Crippen LogP contribution in [-0.4, -0.2) is 80.2 Å². The third-order valence-electron chi connectivity index (χ3n) is 5.97. The molecule has 2 aromatic rings. The molecular weight excluding hydrogens is 396 g/mol. The fourth-order valence-electron chi connectivity index (χ4n) is 4.19. The summed E-state index contributed by atoms with van der Waals surface area (Å²) in [5.74, 6) is 0.845. The van der Waals surface area contributed by atoms with E-state index in [1.165, 1.54) is 11.3 Å². The Bertz CT molecular complexity index is 956. The average Bonchev–Trinajstić information content (AvgIpc) is 3.26. The smallest absolute Gasteiger partial charge is 0.243 e. The molecule has 1 amide bonds. The summed E-state index contributed by atoms with van der Waals surface area (Å²) in [7, 11) is 0.0739. The van der Waals surface area contributed by atoms with Crippen LogP contribution in [0.4, 0.5) is 0 Å². The summed E-state index contributed by atoms with van der Waals surface area (Å²) in [4.78, 5) is 20.4. The predicted octanol–water partition coefficient (Wildman–Crippen LogP) is 1.72. The van der Waals surface area contributed by atoms with E-state index < -0.39 is 10.0 Å². The number of sulfonamides is 1. The molecule has 0 aliphatic carbocycles. The molecule has 9 heteroatoms. The number of likely N-dealkylation sites (tertiary alicyclic amines) is 1. The largest absolute Gasteiger partial charge is 0.348 e. The van der Waals surface area contributed by atoms with Gasteiger partial charge >= 0.3 is 0 Å². The Labute approximate surface area is 170 Å². The molecule has 1 aromatic carbocycles. The lowest BCUT2D eigenvalue weighted by atomic mass is 9.92. The number of amides is 1. The highest BCUT2D eigenvalue weighted by molar-refractivity contribution is 7.89. The van der Waals surface area contributed by atoms with E-state index in [2.05, 4.69) is 9.88 Å². The van der Waals surface area contributed by atoms with Crippen LogP contribution >= 0.6 is 11.3 Å². The third-order valence-corrected chi connectivity index (χ3v) is 8.59. The van der Waals surface area contributed by atoms with E-state index in [4.69, 9.17) is 0 Å². The molecule has 1 aromatic heterocycles. The van der Waals surface area contributed by atoms with Crippen LogP contribution in [-0.2, 0) is 14.8 Å². The Kier molecular flexibility index (Phi) is 5.43.